The van der Waals surface area contributed by atoms with E-state index in [2.05, 4.69) is 18.0 Å². The Morgan fingerprint density at radius 3 is 2.62 bits per heavy atom. The number of allylic oxidation sites excluding steroid dienone is 1. The maximum absolute atomic E-state index is 13.0. The van der Waals surface area contributed by atoms with Crippen molar-refractivity contribution in [1.82, 2.24) is 5.32 Å². The molecule has 2 amide bonds. The number of Topliss-reactive ketones (excluding diaryl/α,β-unsaturated/α-hetero) is 1. The van der Waals surface area contributed by atoms with Gasteiger partial charge in [-0.2, -0.15) is 0 Å². The number of para-hydroxylation sites is 1. The highest BCUT2D eigenvalue weighted by molar-refractivity contribution is 6.08. The quantitative estimate of drug-likeness (QED) is 0.869. The lowest BCUT2D eigenvalue weighted by Gasteiger charge is -2.34. The lowest BCUT2D eigenvalue weighted by molar-refractivity contribution is 0.0981. The second kappa shape index (κ2) is 6.79. The SMILES string of the molecule is C=C(C)c1cccc(C(C)(C)NC(=O)N2CCC(=O)c3ccccc32)c1. The van der Waals surface area contributed by atoms with Crippen LogP contribution in [0.1, 0.15) is 48.7 Å². The molecule has 1 aliphatic heterocycles. The van der Waals surface area contributed by atoms with Gasteiger partial charge in [0.05, 0.1) is 11.2 Å². The van der Waals surface area contributed by atoms with E-state index in [-0.39, 0.29) is 11.8 Å². The molecule has 26 heavy (non-hydrogen) atoms. The number of benzene rings is 2. The molecule has 4 heteroatoms. The molecule has 0 unspecified atom stereocenters. The van der Waals surface area contributed by atoms with Crippen LogP contribution in [-0.4, -0.2) is 18.4 Å². The number of urea groups is 1. The summed E-state index contributed by atoms with van der Waals surface area (Å²) in [6, 6.07) is 15.1. The number of ketones is 1. The van der Waals surface area contributed by atoms with Crippen molar-refractivity contribution in [3.8, 4) is 0 Å². The van der Waals surface area contributed by atoms with Crippen molar-refractivity contribution in [3.05, 3.63) is 71.8 Å². The molecule has 0 atom stereocenters. The van der Waals surface area contributed by atoms with Gasteiger partial charge in [0, 0.05) is 18.5 Å². The summed E-state index contributed by atoms with van der Waals surface area (Å²) in [4.78, 5) is 26.7. The first-order valence-electron chi connectivity index (χ1n) is 8.78. The molecule has 134 valence electrons. The Bertz CT molecular complexity index is 883. The fourth-order valence-electron chi connectivity index (χ4n) is 3.20. The predicted octanol–water partition coefficient (Wildman–Crippen LogP) is 4.76. The van der Waals surface area contributed by atoms with Crippen LogP contribution in [0.4, 0.5) is 10.5 Å². The van der Waals surface area contributed by atoms with Gasteiger partial charge in [-0.3, -0.25) is 9.69 Å². The van der Waals surface area contributed by atoms with Crippen molar-refractivity contribution in [1.29, 1.82) is 0 Å². The summed E-state index contributed by atoms with van der Waals surface area (Å²) in [7, 11) is 0. The average molecular weight is 348 g/mol. The molecular weight excluding hydrogens is 324 g/mol. The number of carbonyl (C=O) groups is 2. The van der Waals surface area contributed by atoms with Crippen molar-refractivity contribution in [2.24, 2.45) is 0 Å². The average Bonchev–Trinajstić information content (AvgIpc) is 2.62. The first-order valence-corrected chi connectivity index (χ1v) is 8.78. The lowest BCUT2D eigenvalue weighted by Crippen LogP contribution is -2.50. The standard InChI is InChI=1S/C22H24N2O2/c1-15(2)16-8-7-9-17(14-16)22(3,4)23-21(26)24-13-12-20(25)18-10-5-6-11-19(18)24/h5-11,14H,1,12-13H2,2-4H3,(H,23,26). The number of carbonyl (C=O) groups excluding carboxylic acids is 2. The largest absolute Gasteiger partial charge is 0.329 e. The molecule has 2 aromatic carbocycles. The van der Waals surface area contributed by atoms with E-state index < -0.39 is 5.54 Å². The summed E-state index contributed by atoms with van der Waals surface area (Å²) in [6.07, 6.45) is 0.343. The highest BCUT2D eigenvalue weighted by Crippen LogP contribution is 2.29. The molecule has 2 aromatic rings. The summed E-state index contributed by atoms with van der Waals surface area (Å²) >= 11 is 0. The Labute approximate surface area is 154 Å². The van der Waals surface area contributed by atoms with E-state index in [9.17, 15) is 9.59 Å². The van der Waals surface area contributed by atoms with E-state index in [1.807, 2.05) is 57.2 Å². The molecule has 0 spiro atoms. The van der Waals surface area contributed by atoms with E-state index in [1.165, 1.54) is 0 Å². The minimum Gasteiger partial charge on any atom is -0.329 e. The molecule has 0 saturated heterocycles. The Kier molecular flexibility index (Phi) is 4.68. The second-order valence-electron chi connectivity index (χ2n) is 7.26. The smallest absolute Gasteiger partial charge is 0.322 e. The Hall–Kier alpha value is -2.88. The Balaban J connectivity index is 1.86. The number of amides is 2. The minimum atomic E-state index is -0.557. The molecule has 4 nitrogen and oxygen atoms in total. The van der Waals surface area contributed by atoms with Gasteiger partial charge in [-0.1, -0.05) is 42.5 Å². The zero-order valence-electron chi connectivity index (χ0n) is 15.5. The summed E-state index contributed by atoms with van der Waals surface area (Å²) < 4.78 is 0. The summed E-state index contributed by atoms with van der Waals surface area (Å²) in [6.45, 7) is 10.3. The van der Waals surface area contributed by atoms with Crippen molar-refractivity contribution >= 4 is 23.1 Å². The van der Waals surface area contributed by atoms with Gasteiger partial charge in [0.1, 0.15) is 0 Å². The van der Waals surface area contributed by atoms with Crippen LogP contribution in [0.3, 0.4) is 0 Å². The van der Waals surface area contributed by atoms with Gasteiger partial charge in [0.15, 0.2) is 5.78 Å². The molecule has 1 N–H and O–H groups in total. The van der Waals surface area contributed by atoms with Crippen LogP contribution in [0.25, 0.3) is 5.57 Å². The molecule has 1 aliphatic rings. The zero-order chi connectivity index (χ0) is 18.9. The highest BCUT2D eigenvalue weighted by atomic mass is 16.2. The first-order chi connectivity index (χ1) is 12.3. The van der Waals surface area contributed by atoms with Crippen LogP contribution in [0.5, 0.6) is 0 Å². The van der Waals surface area contributed by atoms with Crippen LogP contribution >= 0.6 is 0 Å². The van der Waals surface area contributed by atoms with Gasteiger partial charge in [-0.25, -0.2) is 4.79 Å². The van der Waals surface area contributed by atoms with Crippen LogP contribution in [0.15, 0.2) is 55.1 Å². The van der Waals surface area contributed by atoms with Crippen molar-refractivity contribution in [2.45, 2.75) is 32.7 Å². The van der Waals surface area contributed by atoms with E-state index in [0.717, 1.165) is 16.7 Å². The van der Waals surface area contributed by atoms with Gasteiger partial charge in [0.25, 0.3) is 0 Å². The van der Waals surface area contributed by atoms with Gasteiger partial charge in [-0.05, 0) is 50.1 Å². The maximum atomic E-state index is 13.0. The first kappa shape index (κ1) is 17.9. The van der Waals surface area contributed by atoms with E-state index in [1.54, 1.807) is 11.0 Å². The molecule has 0 saturated carbocycles. The Morgan fingerprint density at radius 2 is 1.88 bits per heavy atom. The number of anilines is 1. The monoisotopic (exact) mass is 348 g/mol. The maximum Gasteiger partial charge on any atom is 0.322 e. The molecule has 0 radical (unpaired) electrons. The fraction of sp³-hybridized carbons (Fsp3) is 0.273. The van der Waals surface area contributed by atoms with Gasteiger partial charge < -0.3 is 5.32 Å². The number of fused-ring (bicyclic) bond motifs is 1. The zero-order valence-corrected chi connectivity index (χ0v) is 15.5. The predicted molar refractivity (Wildman–Crippen MR) is 105 cm³/mol. The minimum absolute atomic E-state index is 0.0815. The number of hydrogen-bond acceptors (Lipinski definition) is 2. The third kappa shape index (κ3) is 3.40. The molecule has 0 aliphatic carbocycles. The van der Waals surface area contributed by atoms with Crippen LogP contribution < -0.4 is 10.2 Å². The summed E-state index contributed by atoms with van der Waals surface area (Å²) in [5.74, 6) is 0.0815. The molecule has 1 heterocycles. The van der Waals surface area contributed by atoms with Crippen molar-refractivity contribution in [2.75, 3.05) is 11.4 Å². The van der Waals surface area contributed by atoms with E-state index in [0.29, 0.717) is 24.2 Å². The third-order valence-corrected chi connectivity index (χ3v) is 4.80. The molecule has 3 rings (SSSR count). The van der Waals surface area contributed by atoms with Gasteiger partial charge in [-0.15, -0.1) is 0 Å². The molecule has 0 aromatic heterocycles. The lowest BCUT2D eigenvalue weighted by atomic mass is 9.91. The van der Waals surface area contributed by atoms with E-state index >= 15 is 0 Å². The number of rotatable bonds is 3. The molecule has 0 fully saturated rings. The number of hydrogen-bond donors (Lipinski definition) is 1. The van der Waals surface area contributed by atoms with Gasteiger partial charge >= 0.3 is 6.03 Å². The Morgan fingerprint density at radius 1 is 1.15 bits per heavy atom. The van der Waals surface area contributed by atoms with E-state index in [4.69, 9.17) is 0 Å². The summed E-state index contributed by atoms with van der Waals surface area (Å²) in [5, 5.41) is 3.11. The van der Waals surface area contributed by atoms with Crippen LogP contribution in [0, 0.1) is 0 Å². The third-order valence-electron chi connectivity index (χ3n) is 4.80. The van der Waals surface area contributed by atoms with Crippen molar-refractivity contribution < 1.29 is 9.59 Å². The van der Waals surface area contributed by atoms with Gasteiger partial charge in [0.2, 0.25) is 0 Å². The normalized spacial score (nSPS) is 14.0. The number of nitrogens with one attached hydrogen (secondary N) is 1. The topological polar surface area (TPSA) is 49.4 Å². The van der Waals surface area contributed by atoms with Crippen LogP contribution in [-0.2, 0) is 5.54 Å². The summed E-state index contributed by atoms with van der Waals surface area (Å²) in [5.41, 5.74) is 3.77. The second-order valence-corrected chi connectivity index (χ2v) is 7.26. The fourth-order valence-corrected chi connectivity index (χ4v) is 3.20. The number of nitrogens with zero attached hydrogens (tertiary/aromatic N) is 1. The molecular formula is C22H24N2O2. The molecule has 0 bridgehead atoms. The van der Waals surface area contributed by atoms with Crippen molar-refractivity contribution in [3.63, 3.8) is 0 Å². The highest BCUT2D eigenvalue weighted by Gasteiger charge is 2.31. The van der Waals surface area contributed by atoms with Crippen LogP contribution in [0.2, 0.25) is 0 Å².